The molecule has 2 fully saturated rings. The fourth-order valence-electron chi connectivity index (χ4n) is 2.03. The highest BCUT2D eigenvalue weighted by atomic mass is 32.2. The number of hydrogen-bond donors (Lipinski definition) is 0. The van der Waals surface area contributed by atoms with E-state index >= 15 is 0 Å². The lowest BCUT2D eigenvalue weighted by Crippen LogP contribution is -2.31. The standard InChI is InChI=1S/C11H13NO3S/c1-8-2-4-9(5-3-8)16(13,14)12-6-10-11(7-12)15-10/h2-5,10-11H,6-7H2,1H3. The van der Waals surface area contributed by atoms with Gasteiger partial charge in [-0.15, -0.1) is 0 Å². The minimum absolute atomic E-state index is 0.139. The molecule has 2 atom stereocenters. The van der Waals surface area contributed by atoms with Crippen LogP contribution in [0.5, 0.6) is 0 Å². The predicted molar refractivity (Wildman–Crippen MR) is 58.6 cm³/mol. The molecule has 2 saturated heterocycles. The second-order valence-electron chi connectivity index (χ2n) is 4.35. The largest absolute Gasteiger partial charge is 0.367 e. The molecule has 1 aromatic carbocycles. The van der Waals surface area contributed by atoms with E-state index in [1.165, 1.54) is 4.31 Å². The van der Waals surface area contributed by atoms with Gasteiger partial charge in [-0.3, -0.25) is 0 Å². The van der Waals surface area contributed by atoms with Crippen LogP contribution in [0.25, 0.3) is 0 Å². The summed E-state index contributed by atoms with van der Waals surface area (Å²) in [6, 6.07) is 6.96. The van der Waals surface area contributed by atoms with Crippen molar-refractivity contribution in [2.75, 3.05) is 13.1 Å². The van der Waals surface area contributed by atoms with Crippen molar-refractivity contribution < 1.29 is 13.2 Å². The molecule has 0 saturated carbocycles. The summed E-state index contributed by atoms with van der Waals surface area (Å²) in [7, 11) is -3.30. The second kappa shape index (κ2) is 3.29. The van der Waals surface area contributed by atoms with Gasteiger partial charge in [-0.1, -0.05) is 17.7 Å². The van der Waals surface area contributed by atoms with Gasteiger partial charge in [-0.05, 0) is 19.1 Å². The Morgan fingerprint density at radius 2 is 1.75 bits per heavy atom. The highest BCUT2D eigenvalue weighted by Gasteiger charge is 2.50. The van der Waals surface area contributed by atoms with Crippen LogP contribution in [-0.2, 0) is 14.8 Å². The van der Waals surface area contributed by atoms with E-state index in [9.17, 15) is 8.42 Å². The zero-order valence-electron chi connectivity index (χ0n) is 8.96. The summed E-state index contributed by atoms with van der Waals surface area (Å²) in [5.74, 6) is 0. The Morgan fingerprint density at radius 3 is 2.31 bits per heavy atom. The second-order valence-corrected chi connectivity index (χ2v) is 6.29. The first kappa shape index (κ1) is 10.3. The maximum Gasteiger partial charge on any atom is 0.243 e. The molecule has 0 spiro atoms. The number of aryl methyl sites for hydroxylation is 1. The zero-order valence-corrected chi connectivity index (χ0v) is 9.78. The Morgan fingerprint density at radius 1 is 1.19 bits per heavy atom. The van der Waals surface area contributed by atoms with Crippen LogP contribution in [0.15, 0.2) is 29.2 Å². The minimum atomic E-state index is -3.30. The van der Waals surface area contributed by atoms with Gasteiger partial charge >= 0.3 is 0 Å². The maximum atomic E-state index is 12.2. The van der Waals surface area contributed by atoms with Crippen LogP contribution in [0, 0.1) is 6.92 Å². The Labute approximate surface area is 94.9 Å². The van der Waals surface area contributed by atoms with Crippen LogP contribution < -0.4 is 0 Å². The predicted octanol–water partition coefficient (Wildman–Crippen LogP) is 0.767. The number of sulfonamides is 1. The van der Waals surface area contributed by atoms with Gasteiger partial charge in [-0.2, -0.15) is 4.31 Å². The van der Waals surface area contributed by atoms with Crippen LogP contribution in [0.3, 0.4) is 0 Å². The van der Waals surface area contributed by atoms with Gasteiger partial charge in [0, 0.05) is 13.1 Å². The fourth-order valence-corrected chi connectivity index (χ4v) is 3.50. The lowest BCUT2D eigenvalue weighted by molar-refractivity contribution is 0.272. The molecule has 0 aliphatic carbocycles. The average molecular weight is 239 g/mol. The molecule has 16 heavy (non-hydrogen) atoms. The van der Waals surface area contributed by atoms with Crippen molar-refractivity contribution in [2.24, 2.45) is 0 Å². The minimum Gasteiger partial charge on any atom is -0.367 e. The van der Waals surface area contributed by atoms with Gasteiger partial charge in [0.25, 0.3) is 0 Å². The van der Waals surface area contributed by atoms with E-state index in [1.54, 1.807) is 12.1 Å². The third-order valence-electron chi connectivity index (χ3n) is 3.11. The number of fused-ring (bicyclic) bond motifs is 1. The quantitative estimate of drug-likeness (QED) is 0.716. The van der Waals surface area contributed by atoms with E-state index < -0.39 is 10.0 Å². The molecule has 1 aromatic rings. The third kappa shape index (κ3) is 1.55. The molecule has 0 N–H and O–H groups in total. The van der Waals surface area contributed by atoms with Crippen LogP contribution in [0.2, 0.25) is 0 Å². The summed E-state index contributed by atoms with van der Waals surface area (Å²) < 4.78 is 31.1. The first-order chi connectivity index (χ1) is 7.57. The highest BCUT2D eigenvalue weighted by molar-refractivity contribution is 7.89. The molecule has 86 valence electrons. The van der Waals surface area contributed by atoms with E-state index in [2.05, 4.69) is 0 Å². The van der Waals surface area contributed by atoms with Gasteiger partial charge in [0.2, 0.25) is 10.0 Å². The lowest BCUT2D eigenvalue weighted by atomic mass is 10.2. The number of morpholine rings is 1. The van der Waals surface area contributed by atoms with Crippen molar-refractivity contribution in [3.63, 3.8) is 0 Å². The van der Waals surface area contributed by atoms with Gasteiger partial charge in [0.15, 0.2) is 0 Å². The molecule has 0 amide bonds. The molecule has 2 unspecified atom stereocenters. The number of nitrogens with zero attached hydrogens (tertiary/aromatic N) is 1. The Hall–Kier alpha value is -0.910. The van der Waals surface area contributed by atoms with Gasteiger partial charge < -0.3 is 4.74 Å². The topological polar surface area (TPSA) is 49.9 Å². The molecule has 2 heterocycles. The van der Waals surface area contributed by atoms with Crippen molar-refractivity contribution in [1.29, 1.82) is 0 Å². The Bertz CT molecular complexity index is 499. The number of rotatable bonds is 2. The fraction of sp³-hybridized carbons (Fsp3) is 0.455. The third-order valence-corrected chi connectivity index (χ3v) is 4.96. The molecule has 0 bridgehead atoms. The number of benzene rings is 1. The summed E-state index contributed by atoms with van der Waals surface area (Å²) in [5, 5.41) is 0. The summed E-state index contributed by atoms with van der Waals surface area (Å²) in [6.07, 6.45) is 0.278. The van der Waals surface area contributed by atoms with E-state index in [-0.39, 0.29) is 12.2 Å². The normalized spacial score (nSPS) is 29.1. The molecule has 0 radical (unpaired) electrons. The first-order valence-corrected chi connectivity index (χ1v) is 6.74. The molecule has 3 rings (SSSR count). The molecular formula is C11H13NO3S. The van der Waals surface area contributed by atoms with E-state index in [0.29, 0.717) is 18.0 Å². The molecular weight excluding hydrogens is 226 g/mol. The first-order valence-electron chi connectivity index (χ1n) is 5.30. The van der Waals surface area contributed by atoms with Gasteiger partial charge in [0.1, 0.15) is 0 Å². The van der Waals surface area contributed by atoms with Crippen molar-refractivity contribution in [3.8, 4) is 0 Å². The molecule has 0 aromatic heterocycles. The van der Waals surface area contributed by atoms with Crippen LogP contribution in [0.4, 0.5) is 0 Å². The summed E-state index contributed by atoms with van der Waals surface area (Å²) >= 11 is 0. The molecule has 4 nitrogen and oxygen atoms in total. The average Bonchev–Trinajstić information content (AvgIpc) is 2.86. The van der Waals surface area contributed by atoms with Gasteiger partial charge in [0.05, 0.1) is 17.1 Å². The molecule has 2 aliphatic heterocycles. The van der Waals surface area contributed by atoms with Crippen molar-refractivity contribution >= 4 is 10.0 Å². The molecule has 2 aliphatic rings. The van der Waals surface area contributed by atoms with Gasteiger partial charge in [-0.25, -0.2) is 8.42 Å². The SMILES string of the molecule is Cc1ccc(S(=O)(=O)N2CC3OC3C2)cc1. The van der Waals surface area contributed by atoms with Crippen molar-refractivity contribution in [3.05, 3.63) is 29.8 Å². The Kier molecular flexibility index (Phi) is 2.11. The smallest absolute Gasteiger partial charge is 0.243 e. The maximum absolute atomic E-state index is 12.2. The van der Waals surface area contributed by atoms with Crippen LogP contribution in [-0.4, -0.2) is 38.0 Å². The van der Waals surface area contributed by atoms with Crippen LogP contribution >= 0.6 is 0 Å². The summed E-state index contributed by atoms with van der Waals surface area (Å²) in [6.45, 7) is 2.94. The van der Waals surface area contributed by atoms with Crippen LogP contribution in [0.1, 0.15) is 5.56 Å². The van der Waals surface area contributed by atoms with E-state index in [1.807, 2.05) is 19.1 Å². The lowest BCUT2D eigenvalue weighted by Gasteiger charge is -2.17. The monoisotopic (exact) mass is 239 g/mol. The van der Waals surface area contributed by atoms with Crippen molar-refractivity contribution in [2.45, 2.75) is 24.0 Å². The summed E-state index contributed by atoms with van der Waals surface area (Å²) in [4.78, 5) is 0.374. The number of epoxide rings is 1. The molecule has 5 heteroatoms. The highest BCUT2D eigenvalue weighted by Crippen LogP contribution is 2.33. The van der Waals surface area contributed by atoms with E-state index in [4.69, 9.17) is 4.74 Å². The van der Waals surface area contributed by atoms with E-state index in [0.717, 1.165) is 5.56 Å². The zero-order chi connectivity index (χ0) is 11.3. The Balaban J connectivity index is 1.89. The number of ether oxygens (including phenoxy) is 1. The van der Waals surface area contributed by atoms with Crippen molar-refractivity contribution in [1.82, 2.24) is 4.31 Å². The number of hydrogen-bond acceptors (Lipinski definition) is 3. The summed E-state index contributed by atoms with van der Waals surface area (Å²) in [5.41, 5.74) is 1.06.